The van der Waals surface area contributed by atoms with Gasteiger partial charge in [0.15, 0.2) is 36.3 Å². The fraction of sp³-hybridized carbons (Fsp3) is 0.207. The molecule has 1 aliphatic rings. The first-order valence-corrected chi connectivity index (χ1v) is 12.0. The maximum absolute atomic E-state index is 13.4. The number of fused-ring (bicyclic) bond motifs is 2. The van der Waals surface area contributed by atoms with Crippen molar-refractivity contribution in [1.29, 1.82) is 0 Å². The predicted molar refractivity (Wildman–Crippen MR) is 141 cm³/mol. The van der Waals surface area contributed by atoms with Crippen LogP contribution in [0.25, 0.3) is 22.3 Å². The smallest absolute Gasteiger partial charge is 0.265 e. The number of ketones is 1. The Kier molecular flexibility index (Phi) is 6.74. The number of anilines is 1. The molecule has 9 nitrogen and oxygen atoms in total. The van der Waals surface area contributed by atoms with Crippen LogP contribution in [0.15, 0.2) is 69.9 Å². The average Bonchev–Trinajstić information content (AvgIpc) is 2.95. The van der Waals surface area contributed by atoms with E-state index in [4.69, 9.17) is 23.4 Å². The minimum Gasteiger partial charge on any atom is -0.493 e. The highest BCUT2D eigenvalue weighted by Crippen LogP contribution is 2.37. The molecule has 38 heavy (non-hydrogen) atoms. The van der Waals surface area contributed by atoms with E-state index in [-0.39, 0.29) is 29.8 Å². The van der Waals surface area contributed by atoms with Crippen LogP contribution in [-0.4, -0.2) is 45.7 Å². The minimum atomic E-state index is -0.427. The lowest BCUT2D eigenvalue weighted by atomic mass is 10.1. The number of benzene rings is 3. The summed E-state index contributed by atoms with van der Waals surface area (Å²) < 4.78 is 28.1. The third-order valence-electron chi connectivity index (χ3n) is 6.29. The molecular formula is C29H25NO8. The zero-order chi connectivity index (χ0) is 26.8. The van der Waals surface area contributed by atoms with Crippen molar-refractivity contribution in [3.05, 3.63) is 76.5 Å². The molecule has 0 saturated heterocycles. The first-order valence-electron chi connectivity index (χ1n) is 12.0. The summed E-state index contributed by atoms with van der Waals surface area (Å²) in [4.78, 5) is 40.4. The van der Waals surface area contributed by atoms with Crippen molar-refractivity contribution >= 4 is 28.3 Å². The van der Waals surface area contributed by atoms with Crippen LogP contribution in [0.3, 0.4) is 0 Å². The Morgan fingerprint density at radius 3 is 2.53 bits per heavy atom. The van der Waals surface area contributed by atoms with Gasteiger partial charge in [-0.2, -0.15) is 0 Å². The number of carbonyl (C=O) groups excluding carboxylic acids is 2. The second kappa shape index (κ2) is 10.3. The predicted octanol–water partition coefficient (Wildman–Crippen LogP) is 4.48. The van der Waals surface area contributed by atoms with Crippen molar-refractivity contribution in [1.82, 2.24) is 0 Å². The highest BCUT2D eigenvalue weighted by Gasteiger charge is 2.26. The van der Waals surface area contributed by atoms with Gasteiger partial charge in [-0.05, 0) is 55.5 Å². The molecule has 0 radical (unpaired) electrons. The lowest BCUT2D eigenvalue weighted by molar-refractivity contribution is -0.121. The molecule has 0 bridgehead atoms. The Morgan fingerprint density at radius 1 is 0.974 bits per heavy atom. The first kappa shape index (κ1) is 24.9. The molecule has 3 aromatic carbocycles. The van der Waals surface area contributed by atoms with Crippen LogP contribution in [0, 0.1) is 0 Å². The van der Waals surface area contributed by atoms with E-state index in [1.807, 2.05) is 6.92 Å². The Hall–Kier alpha value is -4.79. The van der Waals surface area contributed by atoms with Crippen LogP contribution < -0.4 is 29.3 Å². The van der Waals surface area contributed by atoms with Gasteiger partial charge in [-0.15, -0.1) is 0 Å². The molecule has 0 N–H and O–H groups in total. The summed E-state index contributed by atoms with van der Waals surface area (Å²) >= 11 is 0. The van der Waals surface area contributed by atoms with E-state index in [1.54, 1.807) is 65.6 Å². The van der Waals surface area contributed by atoms with Crippen molar-refractivity contribution in [2.45, 2.75) is 6.92 Å². The fourth-order valence-electron chi connectivity index (χ4n) is 4.37. The molecule has 9 heteroatoms. The van der Waals surface area contributed by atoms with Crippen LogP contribution in [-0.2, 0) is 4.79 Å². The van der Waals surface area contributed by atoms with E-state index in [2.05, 4.69) is 0 Å². The number of rotatable bonds is 8. The van der Waals surface area contributed by atoms with E-state index in [9.17, 15) is 14.4 Å². The van der Waals surface area contributed by atoms with Crippen molar-refractivity contribution in [2.24, 2.45) is 0 Å². The van der Waals surface area contributed by atoms with Crippen molar-refractivity contribution in [3.63, 3.8) is 0 Å². The van der Waals surface area contributed by atoms with Crippen LogP contribution in [0.4, 0.5) is 5.69 Å². The number of hydrogen-bond acceptors (Lipinski definition) is 8. The zero-order valence-corrected chi connectivity index (χ0v) is 21.1. The molecule has 1 aromatic heterocycles. The number of Topliss-reactive ketones (excluding diaryl/α,β-unsaturated/α-hetero) is 1. The molecule has 4 aromatic rings. The summed E-state index contributed by atoms with van der Waals surface area (Å²) in [5.74, 6) is 0.957. The summed E-state index contributed by atoms with van der Waals surface area (Å²) in [7, 11) is 3.03. The molecule has 1 aliphatic heterocycles. The highest BCUT2D eigenvalue weighted by atomic mass is 16.5. The maximum atomic E-state index is 13.4. The number of methoxy groups -OCH3 is 2. The molecule has 0 fully saturated rings. The van der Waals surface area contributed by atoms with Crippen molar-refractivity contribution < 1.29 is 33.0 Å². The standard InChI is InChI=1S/C29H25NO8/c1-4-30-20-13-17(9-11-23(20)36-16-26(30)32)21(31)15-37-29-27(33)19-7-5-6-8-22(19)38-28(29)18-10-12-24(34-2)25(14-18)35-3/h5-14H,4,15-16H2,1-3H3. The molecular weight excluding hydrogens is 490 g/mol. The molecule has 0 spiro atoms. The van der Waals surface area contributed by atoms with E-state index in [1.165, 1.54) is 14.2 Å². The Labute approximate surface area is 218 Å². The second-order valence-corrected chi connectivity index (χ2v) is 8.48. The Bertz CT molecular complexity index is 1610. The van der Waals surface area contributed by atoms with Gasteiger partial charge in [0.2, 0.25) is 11.2 Å². The van der Waals surface area contributed by atoms with Crippen molar-refractivity contribution in [3.8, 4) is 34.3 Å². The summed E-state index contributed by atoms with van der Waals surface area (Å²) in [6.07, 6.45) is 0. The fourth-order valence-corrected chi connectivity index (χ4v) is 4.37. The Balaban J connectivity index is 1.51. The lowest BCUT2D eigenvalue weighted by Gasteiger charge is -2.28. The number of para-hydroxylation sites is 1. The van der Waals surface area contributed by atoms with E-state index >= 15 is 0 Å². The highest BCUT2D eigenvalue weighted by molar-refractivity contribution is 6.02. The third kappa shape index (κ3) is 4.43. The summed E-state index contributed by atoms with van der Waals surface area (Å²) in [6.45, 7) is 1.81. The number of carbonyl (C=O) groups is 2. The van der Waals surface area contributed by atoms with Crippen LogP contribution in [0.1, 0.15) is 17.3 Å². The molecule has 5 rings (SSSR count). The zero-order valence-electron chi connectivity index (χ0n) is 21.1. The average molecular weight is 516 g/mol. The van der Waals surface area contributed by atoms with Gasteiger partial charge in [0, 0.05) is 17.7 Å². The largest absolute Gasteiger partial charge is 0.493 e. The quantitative estimate of drug-likeness (QED) is 0.316. The van der Waals surface area contributed by atoms with Crippen molar-refractivity contribution in [2.75, 3.05) is 38.9 Å². The lowest BCUT2D eigenvalue weighted by Crippen LogP contribution is -2.38. The first-order chi connectivity index (χ1) is 18.4. The third-order valence-corrected chi connectivity index (χ3v) is 6.29. The maximum Gasteiger partial charge on any atom is 0.265 e. The van der Waals surface area contributed by atoms with Crippen LogP contribution >= 0.6 is 0 Å². The summed E-state index contributed by atoms with van der Waals surface area (Å²) in [6, 6.07) is 16.7. The van der Waals surface area contributed by atoms with Gasteiger partial charge in [0.25, 0.3) is 5.91 Å². The second-order valence-electron chi connectivity index (χ2n) is 8.48. The Morgan fingerprint density at radius 2 is 1.76 bits per heavy atom. The molecule has 0 aliphatic carbocycles. The molecule has 2 heterocycles. The molecule has 194 valence electrons. The topological polar surface area (TPSA) is 105 Å². The van der Waals surface area contributed by atoms with E-state index < -0.39 is 12.0 Å². The van der Waals surface area contributed by atoms with Gasteiger partial charge in [0.1, 0.15) is 11.3 Å². The molecule has 0 atom stereocenters. The summed E-state index contributed by atoms with van der Waals surface area (Å²) in [5, 5.41) is 0.321. The monoisotopic (exact) mass is 515 g/mol. The molecule has 0 unspecified atom stereocenters. The van der Waals surface area contributed by atoms with Crippen LogP contribution in [0.5, 0.6) is 23.0 Å². The number of ether oxygens (including phenoxy) is 4. The number of hydrogen-bond donors (Lipinski definition) is 0. The van der Waals surface area contributed by atoms with Gasteiger partial charge in [-0.1, -0.05) is 12.1 Å². The van der Waals surface area contributed by atoms with Gasteiger partial charge < -0.3 is 28.3 Å². The molecule has 1 amide bonds. The molecule has 0 saturated carbocycles. The van der Waals surface area contributed by atoms with E-state index in [0.717, 1.165) is 0 Å². The van der Waals surface area contributed by atoms with Gasteiger partial charge in [-0.3, -0.25) is 14.4 Å². The van der Waals surface area contributed by atoms with Crippen LogP contribution in [0.2, 0.25) is 0 Å². The normalized spacial score (nSPS) is 12.6. The van der Waals surface area contributed by atoms with Gasteiger partial charge in [-0.25, -0.2) is 0 Å². The van der Waals surface area contributed by atoms with Gasteiger partial charge >= 0.3 is 0 Å². The summed E-state index contributed by atoms with van der Waals surface area (Å²) in [5.41, 5.74) is 1.31. The number of likely N-dealkylation sites (N-methyl/N-ethyl adjacent to an activating group) is 1. The SMILES string of the molecule is CCN1C(=O)COc2ccc(C(=O)COc3c(-c4ccc(OC)c(OC)c4)oc4ccccc4c3=O)cc21. The van der Waals surface area contributed by atoms with E-state index in [0.29, 0.717) is 51.6 Å². The number of nitrogens with zero attached hydrogens (tertiary/aromatic N) is 1. The van der Waals surface area contributed by atoms with Gasteiger partial charge in [0.05, 0.1) is 25.3 Å². The number of amides is 1. The minimum absolute atomic E-state index is 0.0477.